The molecule has 1 aromatic heterocycles. The van der Waals surface area contributed by atoms with Gasteiger partial charge in [-0.25, -0.2) is 4.79 Å². The third-order valence-corrected chi connectivity index (χ3v) is 7.92. The summed E-state index contributed by atoms with van der Waals surface area (Å²) in [6, 6.07) is 1.94. The topological polar surface area (TPSA) is 162 Å². The molecule has 4 heterocycles. The number of likely N-dealkylation sites (N-methyl/N-ethyl adjacent to an activating group) is 1. The van der Waals surface area contributed by atoms with E-state index in [9.17, 15) is 29.4 Å². The second-order valence-corrected chi connectivity index (χ2v) is 11.0. The number of quaternary nitrogens is 1. The molecule has 0 radical (unpaired) electrons. The number of thioether (sulfide) groups is 1. The van der Waals surface area contributed by atoms with Gasteiger partial charge in [0, 0.05) is 24.2 Å². The van der Waals surface area contributed by atoms with Crippen molar-refractivity contribution in [2.45, 2.75) is 43.7 Å². The molecular weight excluding hydrogens is 492 g/mol. The number of carbonyl (C=O) groups is 4. The molecule has 2 atom stereocenters. The monoisotopic (exact) mass is 520 g/mol. The summed E-state index contributed by atoms with van der Waals surface area (Å²) in [6.07, 6.45) is 3.47. The van der Waals surface area contributed by atoms with E-state index in [-0.39, 0.29) is 17.2 Å². The average molecular weight is 521 g/mol. The predicted molar refractivity (Wildman–Crippen MR) is 125 cm³/mol. The highest BCUT2D eigenvalue weighted by molar-refractivity contribution is 8.00. The lowest BCUT2D eigenvalue weighted by atomic mass is 10.0. The predicted octanol–water partition coefficient (Wildman–Crippen LogP) is -0.492. The van der Waals surface area contributed by atoms with Crippen LogP contribution in [0, 0.1) is 0 Å². The number of rotatable bonds is 9. The van der Waals surface area contributed by atoms with E-state index < -0.39 is 40.8 Å². The van der Waals surface area contributed by atoms with Crippen LogP contribution in [0.1, 0.15) is 32.4 Å². The van der Waals surface area contributed by atoms with Crippen molar-refractivity contribution in [2.75, 3.05) is 32.4 Å². The third-order valence-electron chi connectivity index (χ3n) is 6.58. The molecule has 0 unspecified atom stereocenters. The molecule has 4 rings (SSSR count). The van der Waals surface area contributed by atoms with Crippen molar-refractivity contribution < 1.29 is 43.1 Å². The minimum atomic E-state index is -1.83. The van der Waals surface area contributed by atoms with E-state index in [4.69, 9.17) is 9.25 Å². The van der Waals surface area contributed by atoms with Crippen LogP contribution < -0.4 is 10.4 Å². The van der Waals surface area contributed by atoms with E-state index in [1.165, 1.54) is 48.9 Å². The van der Waals surface area contributed by atoms with Gasteiger partial charge in [0.25, 0.3) is 11.8 Å². The lowest BCUT2D eigenvalue weighted by Gasteiger charge is -2.49. The normalized spacial score (nSPS) is 23.7. The first-order chi connectivity index (χ1) is 16.9. The molecule has 0 spiro atoms. The maximum atomic E-state index is 13.0. The Morgan fingerprint density at radius 2 is 2.06 bits per heavy atom. The molecule has 12 nitrogen and oxygen atoms in total. The van der Waals surface area contributed by atoms with E-state index in [0.717, 1.165) is 30.4 Å². The fourth-order valence-electron chi connectivity index (χ4n) is 4.54. The van der Waals surface area contributed by atoms with E-state index in [1.54, 1.807) is 0 Å². The number of β-lactam (4-membered cyclic amide) rings is 1. The molecule has 0 aliphatic carbocycles. The largest absolute Gasteiger partial charge is 0.546 e. The molecule has 0 saturated carbocycles. The quantitative estimate of drug-likeness (QED) is 0.189. The molecule has 13 heteroatoms. The van der Waals surface area contributed by atoms with Crippen molar-refractivity contribution in [3.63, 3.8) is 0 Å². The Kier molecular flexibility index (Phi) is 6.88. The number of carboxylic acids is 2. The molecule has 1 aromatic rings. The maximum Gasteiger partial charge on any atom is 0.352 e. The average Bonchev–Trinajstić information content (AvgIpc) is 3.49. The summed E-state index contributed by atoms with van der Waals surface area (Å²) < 4.78 is 5.96. The zero-order valence-electron chi connectivity index (χ0n) is 20.2. The van der Waals surface area contributed by atoms with Crippen LogP contribution in [0.2, 0.25) is 0 Å². The number of nitrogens with zero attached hydrogens (tertiary/aromatic N) is 3. The van der Waals surface area contributed by atoms with Crippen LogP contribution in [0.25, 0.3) is 0 Å². The number of fused-ring (bicyclic) bond motifs is 1. The Morgan fingerprint density at radius 3 is 2.64 bits per heavy atom. The number of amides is 2. The Hall–Kier alpha value is -3.32. The highest BCUT2D eigenvalue weighted by Crippen LogP contribution is 2.41. The van der Waals surface area contributed by atoms with Crippen LogP contribution in [0.3, 0.4) is 0 Å². The summed E-state index contributed by atoms with van der Waals surface area (Å²) in [7, 11) is 2.09. The van der Waals surface area contributed by atoms with Gasteiger partial charge in [0.15, 0.2) is 11.4 Å². The Balaban J connectivity index is 1.53. The summed E-state index contributed by atoms with van der Waals surface area (Å²) in [5, 5.41) is 26.8. The lowest BCUT2D eigenvalue weighted by Crippen LogP contribution is -2.71. The number of carboxylic acid groups (broad SMARTS) is 2. The number of furan rings is 1. The summed E-state index contributed by atoms with van der Waals surface area (Å²) in [4.78, 5) is 55.7. The van der Waals surface area contributed by atoms with Gasteiger partial charge in [0.05, 0.1) is 32.4 Å². The van der Waals surface area contributed by atoms with Gasteiger partial charge in [-0.05, 0) is 26.0 Å². The fourth-order valence-corrected chi connectivity index (χ4v) is 5.88. The van der Waals surface area contributed by atoms with Crippen LogP contribution in [-0.2, 0) is 24.0 Å². The van der Waals surface area contributed by atoms with Crippen LogP contribution in [-0.4, -0.2) is 93.4 Å². The first-order valence-electron chi connectivity index (χ1n) is 11.5. The van der Waals surface area contributed by atoms with E-state index in [1.807, 2.05) is 0 Å². The molecule has 194 valence electrons. The van der Waals surface area contributed by atoms with Crippen molar-refractivity contribution in [1.29, 1.82) is 0 Å². The number of aliphatic carboxylic acids is 2. The molecule has 3 aliphatic heterocycles. The van der Waals surface area contributed by atoms with Crippen molar-refractivity contribution in [2.24, 2.45) is 5.16 Å². The SMILES string of the molecule is CC(C)(ON=C(C(=O)N[C@@H]1C(=O)N2C(C(=O)O)=C(C[N+]3(C)CCCC3)CS[C@H]12)c1ccco1)C(=O)[O-]. The van der Waals surface area contributed by atoms with Gasteiger partial charge in [-0.1, -0.05) is 5.16 Å². The second kappa shape index (κ2) is 9.62. The van der Waals surface area contributed by atoms with Crippen molar-refractivity contribution in [3.05, 3.63) is 35.4 Å². The van der Waals surface area contributed by atoms with Crippen LogP contribution in [0.4, 0.5) is 0 Å². The number of carbonyl (C=O) groups excluding carboxylic acids is 3. The molecule has 3 aliphatic rings. The molecule has 2 N–H and O–H groups in total. The van der Waals surface area contributed by atoms with Crippen LogP contribution >= 0.6 is 11.8 Å². The van der Waals surface area contributed by atoms with Gasteiger partial charge >= 0.3 is 5.97 Å². The summed E-state index contributed by atoms with van der Waals surface area (Å²) >= 11 is 1.39. The minimum absolute atomic E-state index is 0.00226. The van der Waals surface area contributed by atoms with Crippen LogP contribution in [0.5, 0.6) is 0 Å². The number of nitrogens with one attached hydrogen (secondary N) is 1. The Morgan fingerprint density at radius 1 is 1.36 bits per heavy atom. The molecule has 0 bridgehead atoms. The standard InChI is InChI=1S/C23H28N4O8S/c1-23(2,22(32)33)35-25-15(14-7-6-10-34-14)18(28)24-16-19(29)26-17(21(30)31)13(12-36-20(16)26)11-27(3)8-4-5-9-27/h6-7,10,16,20H,4-5,8-9,11-12H2,1-3H3,(H2-,24,28,30,31,32,33)/t16-,20-/m1/s1. The minimum Gasteiger partial charge on any atom is -0.546 e. The van der Waals surface area contributed by atoms with Gasteiger partial charge in [-0.2, -0.15) is 0 Å². The lowest BCUT2D eigenvalue weighted by molar-refractivity contribution is -0.893. The number of hydrogen-bond acceptors (Lipinski definition) is 9. The first-order valence-corrected chi connectivity index (χ1v) is 12.5. The number of likely N-dealkylation sites (tertiary alicyclic amines) is 1. The van der Waals surface area contributed by atoms with Gasteiger partial charge in [-0.15, -0.1) is 11.8 Å². The zero-order chi connectivity index (χ0) is 26.3. The summed E-state index contributed by atoms with van der Waals surface area (Å²) in [6.45, 7) is 4.89. The summed E-state index contributed by atoms with van der Waals surface area (Å²) in [5.41, 5.74) is -1.50. The van der Waals surface area contributed by atoms with Crippen molar-refractivity contribution in [3.8, 4) is 0 Å². The van der Waals surface area contributed by atoms with Gasteiger partial charge in [0.1, 0.15) is 23.7 Å². The van der Waals surface area contributed by atoms with Crippen molar-refractivity contribution >= 4 is 41.2 Å². The molecular formula is C23H28N4O8S. The molecule has 2 saturated heterocycles. The van der Waals surface area contributed by atoms with Gasteiger partial charge in [-0.3, -0.25) is 14.5 Å². The van der Waals surface area contributed by atoms with E-state index in [0.29, 0.717) is 17.9 Å². The van der Waals surface area contributed by atoms with Gasteiger partial charge < -0.3 is 34.1 Å². The number of oxime groups is 1. The molecule has 0 aromatic carbocycles. The second-order valence-electron chi connectivity index (χ2n) is 9.86. The fraction of sp³-hybridized carbons (Fsp3) is 0.522. The van der Waals surface area contributed by atoms with E-state index >= 15 is 0 Å². The highest BCUT2D eigenvalue weighted by atomic mass is 32.2. The smallest absolute Gasteiger partial charge is 0.352 e. The third kappa shape index (κ3) is 4.85. The molecule has 2 amide bonds. The Bertz CT molecular complexity index is 1140. The maximum absolute atomic E-state index is 13.0. The molecule has 2 fully saturated rings. The highest BCUT2D eigenvalue weighted by Gasteiger charge is 2.55. The van der Waals surface area contributed by atoms with Crippen LogP contribution in [0.15, 0.2) is 39.2 Å². The van der Waals surface area contributed by atoms with Gasteiger partial charge in [0.2, 0.25) is 5.71 Å². The molecule has 36 heavy (non-hydrogen) atoms. The summed E-state index contributed by atoms with van der Waals surface area (Å²) in [5.74, 6) is -3.66. The zero-order valence-corrected chi connectivity index (χ0v) is 21.0. The van der Waals surface area contributed by atoms with Crippen molar-refractivity contribution in [1.82, 2.24) is 10.2 Å². The number of hydrogen-bond donors (Lipinski definition) is 2. The Labute approximate surface area is 211 Å². The first kappa shape index (κ1) is 25.8. The van der Waals surface area contributed by atoms with E-state index in [2.05, 4.69) is 17.5 Å².